The van der Waals surface area contributed by atoms with E-state index >= 15 is 0 Å². The summed E-state index contributed by atoms with van der Waals surface area (Å²) in [4.78, 5) is 29.0. The molecule has 3 rings (SSSR count). The fourth-order valence-electron chi connectivity index (χ4n) is 4.32. The Hall–Kier alpha value is -3.27. The number of nitrogens with zero attached hydrogens (tertiary/aromatic N) is 2. The second-order valence-electron chi connectivity index (χ2n) is 10.0. The number of nitrogens with one attached hydrogen (secondary N) is 1. The number of amides is 2. The van der Waals surface area contributed by atoms with Crippen LogP contribution in [0.3, 0.4) is 0 Å². The minimum absolute atomic E-state index is 0.0137. The summed E-state index contributed by atoms with van der Waals surface area (Å²) in [5, 5.41) is 3.31. The number of sulfonamides is 1. The Morgan fingerprint density at radius 1 is 0.952 bits per heavy atom. The molecule has 0 aromatic heterocycles. The maximum absolute atomic E-state index is 14.2. The highest BCUT2D eigenvalue weighted by Gasteiger charge is 2.34. The Kier molecular flexibility index (Phi) is 11.7. The minimum Gasteiger partial charge on any atom is -0.497 e. The average molecular weight is 635 g/mol. The number of hydrogen-bond donors (Lipinski definition) is 1. The first-order valence-electron chi connectivity index (χ1n) is 13.7. The van der Waals surface area contributed by atoms with Gasteiger partial charge in [-0.3, -0.25) is 13.9 Å². The van der Waals surface area contributed by atoms with E-state index in [1.54, 1.807) is 43.5 Å². The van der Waals surface area contributed by atoms with Crippen molar-refractivity contribution in [1.29, 1.82) is 0 Å². The van der Waals surface area contributed by atoms with Crippen LogP contribution in [0.25, 0.3) is 0 Å². The number of benzene rings is 3. The number of carbonyl (C=O) groups is 2. The van der Waals surface area contributed by atoms with Crippen molar-refractivity contribution in [3.63, 3.8) is 0 Å². The standard InChI is InChI=1S/C31H37Cl2N3O5S/c1-6-22(4)34-31(38)28(7-2)35(19-23-10-13-25(41-5)14-11-23)30(37)20-36(29-18-24(32)12-17-27(29)33)42(39,40)26-15-8-21(3)9-16-26/h8-18,22,28H,6-7,19-20H2,1-5H3,(H,34,38). The van der Waals surface area contributed by atoms with Gasteiger partial charge in [-0.2, -0.15) is 0 Å². The molecule has 42 heavy (non-hydrogen) atoms. The number of hydrogen-bond acceptors (Lipinski definition) is 5. The molecule has 3 aromatic rings. The zero-order chi connectivity index (χ0) is 31.0. The highest BCUT2D eigenvalue weighted by molar-refractivity contribution is 7.92. The van der Waals surface area contributed by atoms with Crippen molar-refractivity contribution in [2.75, 3.05) is 18.0 Å². The molecule has 0 aliphatic heterocycles. The second kappa shape index (κ2) is 14.8. The van der Waals surface area contributed by atoms with Crippen molar-refractivity contribution in [2.24, 2.45) is 0 Å². The fourth-order valence-corrected chi connectivity index (χ4v) is 6.18. The quantitative estimate of drug-likeness (QED) is 0.241. The monoisotopic (exact) mass is 633 g/mol. The van der Waals surface area contributed by atoms with Gasteiger partial charge in [0.1, 0.15) is 18.3 Å². The molecule has 11 heteroatoms. The summed E-state index contributed by atoms with van der Waals surface area (Å²) < 4.78 is 34.2. The van der Waals surface area contributed by atoms with Crippen LogP contribution in [0.4, 0.5) is 5.69 Å². The third-order valence-corrected chi connectivity index (χ3v) is 9.29. The molecule has 0 aliphatic rings. The van der Waals surface area contributed by atoms with E-state index < -0.39 is 28.5 Å². The van der Waals surface area contributed by atoms with Crippen LogP contribution in [0, 0.1) is 6.92 Å². The maximum atomic E-state index is 14.2. The molecule has 0 heterocycles. The molecule has 8 nitrogen and oxygen atoms in total. The summed E-state index contributed by atoms with van der Waals surface area (Å²) in [5.74, 6) is -0.254. The predicted molar refractivity (Wildman–Crippen MR) is 168 cm³/mol. The van der Waals surface area contributed by atoms with Crippen molar-refractivity contribution in [1.82, 2.24) is 10.2 Å². The van der Waals surface area contributed by atoms with Crippen molar-refractivity contribution in [2.45, 2.75) is 64.1 Å². The van der Waals surface area contributed by atoms with Gasteiger partial charge < -0.3 is 15.0 Å². The van der Waals surface area contributed by atoms with Crippen LogP contribution in [0.5, 0.6) is 5.75 Å². The van der Waals surface area contributed by atoms with E-state index in [4.69, 9.17) is 27.9 Å². The molecule has 0 bridgehead atoms. The van der Waals surface area contributed by atoms with Gasteiger partial charge in [0.15, 0.2) is 0 Å². The molecule has 2 amide bonds. The lowest BCUT2D eigenvalue weighted by molar-refractivity contribution is -0.140. The zero-order valence-corrected chi connectivity index (χ0v) is 26.8. The van der Waals surface area contributed by atoms with E-state index in [1.807, 2.05) is 27.7 Å². The third-order valence-electron chi connectivity index (χ3n) is 6.96. The SMILES string of the molecule is CCC(C)NC(=O)C(CC)N(Cc1ccc(OC)cc1)C(=O)CN(c1cc(Cl)ccc1Cl)S(=O)(=O)c1ccc(C)cc1. The molecule has 0 saturated carbocycles. The Morgan fingerprint density at radius 3 is 2.17 bits per heavy atom. The molecule has 0 saturated heterocycles. The Bertz CT molecular complexity index is 1480. The van der Waals surface area contributed by atoms with Crippen LogP contribution in [-0.2, 0) is 26.2 Å². The topological polar surface area (TPSA) is 96.0 Å². The van der Waals surface area contributed by atoms with Crippen molar-refractivity contribution < 1.29 is 22.7 Å². The summed E-state index contributed by atoms with van der Waals surface area (Å²) in [6, 6.07) is 16.9. The lowest BCUT2D eigenvalue weighted by Gasteiger charge is -2.34. The third kappa shape index (κ3) is 8.18. The lowest BCUT2D eigenvalue weighted by atomic mass is 10.1. The number of rotatable bonds is 13. The van der Waals surface area contributed by atoms with Gasteiger partial charge in [-0.25, -0.2) is 8.42 Å². The van der Waals surface area contributed by atoms with Crippen LogP contribution >= 0.6 is 23.2 Å². The first kappa shape index (κ1) is 33.2. The molecule has 0 spiro atoms. The first-order valence-corrected chi connectivity index (χ1v) is 15.9. The molecular weight excluding hydrogens is 597 g/mol. The summed E-state index contributed by atoms with van der Waals surface area (Å²) >= 11 is 12.7. The van der Waals surface area contributed by atoms with E-state index in [0.29, 0.717) is 18.6 Å². The van der Waals surface area contributed by atoms with E-state index in [0.717, 1.165) is 15.4 Å². The summed E-state index contributed by atoms with van der Waals surface area (Å²) in [5.41, 5.74) is 1.67. The van der Waals surface area contributed by atoms with E-state index in [2.05, 4.69) is 5.32 Å². The van der Waals surface area contributed by atoms with E-state index in [9.17, 15) is 18.0 Å². The van der Waals surface area contributed by atoms with Crippen LogP contribution in [-0.4, -0.2) is 50.9 Å². The normalized spacial score (nSPS) is 12.7. The van der Waals surface area contributed by atoms with Gasteiger partial charge >= 0.3 is 0 Å². The Balaban J connectivity index is 2.09. The Labute approximate surface area is 258 Å². The molecule has 0 aliphatic carbocycles. The lowest BCUT2D eigenvalue weighted by Crippen LogP contribution is -2.53. The number of halogens is 2. The van der Waals surface area contributed by atoms with Crippen LogP contribution < -0.4 is 14.4 Å². The molecule has 2 unspecified atom stereocenters. The van der Waals surface area contributed by atoms with Gasteiger partial charge in [-0.1, -0.05) is 66.9 Å². The van der Waals surface area contributed by atoms with Gasteiger partial charge in [0, 0.05) is 17.6 Å². The predicted octanol–water partition coefficient (Wildman–Crippen LogP) is 6.23. The van der Waals surface area contributed by atoms with Crippen LogP contribution in [0.2, 0.25) is 10.0 Å². The summed E-state index contributed by atoms with van der Waals surface area (Å²) in [6.45, 7) is 6.95. The van der Waals surface area contributed by atoms with Crippen LogP contribution in [0.1, 0.15) is 44.7 Å². The van der Waals surface area contributed by atoms with Gasteiger partial charge in [0.25, 0.3) is 10.0 Å². The Morgan fingerprint density at radius 2 is 1.60 bits per heavy atom. The van der Waals surface area contributed by atoms with Gasteiger partial charge in [0.2, 0.25) is 11.8 Å². The first-order chi connectivity index (χ1) is 19.9. The molecule has 226 valence electrons. The fraction of sp³-hybridized carbons (Fsp3) is 0.355. The molecule has 0 fully saturated rings. The maximum Gasteiger partial charge on any atom is 0.264 e. The van der Waals surface area contributed by atoms with Gasteiger partial charge in [0.05, 0.1) is 22.7 Å². The number of ether oxygens (including phenoxy) is 1. The second-order valence-corrected chi connectivity index (χ2v) is 12.7. The van der Waals surface area contributed by atoms with Crippen LogP contribution in [0.15, 0.2) is 71.6 Å². The van der Waals surface area contributed by atoms with E-state index in [-0.39, 0.29) is 39.1 Å². The molecule has 2 atom stereocenters. The number of carbonyl (C=O) groups excluding carboxylic acids is 2. The minimum atomic E-state index is -4.27. The molecule has 1 N–H and O–H groups in total. The largest absolute Gasteiger partial charge is 0.497 e. The summed E-state index contributed by atoms with van der Waals surface area (Å²) in [7, 11) is -2.71. The number of methoxy groups -OCH3 is 1. The highest BCUT2D eigenvalue weighted by atomic mass is 35.5. The summed E-state index contributed by atoms with van der Waals surface area (Å²) in [6.07, 6.45) is 1.03. The average Bonchev–Trinajstić information content (AvgIpc) is 2.97. The number of anilines is 1. The zero-order valence-electron chi connectivity index (χ0n) is 24.4. The van der Waals surface area contributed by atoms with Gasteiger partial charge in [-0.15, -0.1) is 0 Å². The van der Waals surface area contributed by atoms with Gasteiger partial charge in [-0.05, 0) is 74.7 Å². The van der Waals surface area contributed by atoms with E-state index in [1.165, 1.54) is 35.2 Å². The molecular formula is C31H37Cl2N3O5S. The highest BCUT2D eigenvalue weighted by Crippen LogP contribution is 2.33. The van der Waals surface area contributed by atoms with Crippen molar-refractivity contribution >= 4 is 50.7 Å². The molecule has 0 radical (unpaired) electrons. The van der Waals surface area contributed by atoms with Crippen molar-refractivity contribution in [3.05, 3.63) is 87.9 Å². The molecule has 3 aromatic carbocycles. The number of aryl methyl sites for hydroxylation is 1. The smallest absolute Gasteiger partial charge is 0.264 e. The van der Waals surface area contributed by atoms with Crippen molar-refractivity contribution in [3.8, 4) is 5.75 Å².